The van der Waals surface area contributed by atoms with Crippen LogP contribution in [0.2, 0.25) is 0 Å². The first-order chi connectivity index (χ1) is 4.77. The minimum absolute atomic E-state index is 0.136. The minimum atomic E-state index is -0.572. The van der Waals surface area contributed by atoms with Gasteiger partial charge in [-0.3, -0.25) is 0 Å². The van der Waals surface area contributed by atoms with Crippen LogP contribution in [-0.2, 0) is 0 Å². The van der Waals surface area contributed by atoms with Crippen LogP contribution in [0.4, 0.5) is 0 Å². The van der Waals surface area contributed by atoms with Gasteiger partial charge in [0.05, 0.1) is 12.2 Å². The van der Waals surface area contributed by atoms with Gasteiger partial charge >= 0.3 is 0 Å². The van der Waals surface area contributed by atoms with Crippen LogP contribution >= 0.6 is 0 Å². The molecule has 0 aliphatic heterocycles. The molecular weight excluding hydrogens is 140 g/mol. The fraction of sp³-hybridized carbons (Fsp3) is 1.00. The van der Waals surface area contributed by atoms with Crippen molar-refractivity contribution in [3.05, 3.63) is 0 Å². The van der Waals surface area contributed by atoms with Crippen molar-refractivity contribution in [2.24, 2.45) is 10.8 Å². The van der Waals surface area contributed by atoms with E-state index < -0.39 is 12.2 Å². The molecule has 2 heteroatoms. The van der Waals surface area contributed by atoms with Gasteiger partial charge in [0, 0.05) is 0 Å². The van der Waals surface area contributed by atoms with E-state index in [1.807, 2.05) is 27.7 Å². The Morgan fingerprint density at radius 3 is 1.27 bits per heavy atom. The summed E-state index contributed by atoms with van der Waals surface area (Å²) in [6, 6.07) is 0. The van der Waals surface area contributed by atoms with Gasteiger partial charge in [0.15, 0.2) is 0 Å². The Hall–Kier alpha value is -0.0800. The third-order valence-electron chi connectivity index (χ3n) is 2.81. The molecule has 1 aliphatic carbocycles. The van der Waals surface area contributed by atoms with E-state index in [0.29, 0.717) is 0 Å². The van der Waals surface area contributed by atoms with Crippen LogP contribution in [0.1, 0.15) is 34.1 Å². The van der Waals surface area contributed by atoms with E-state index in [9.17, 15) is 10.2 Å². The maximum atomic E-state index is 9.61. The third kappa shape index (κ3) is 1.30. The summed E-state index contributed by atoms with van der Waals surface area (Å²) in [5.41, 5.74) is -0.272. The summed E-state index contributed by atoms with van der Waals surface area (Å²) >= 11 is 0. The summed E-state index contributed by atoms with van der Waals surface area (Å²) in [5, 5.41) is 19.2. The average molecular weight is 158 g/mol. The summed E-state index contributed by atoms with van der Waals surface area (Å²) in [4.78, 5) is 0. The second-order valence-electron chi connectivity index (χ2n) is 5.04. The predicted molar refractivity (Wildman–Crippen MR) is 44.2 cm³/mol. The molecule has 1 rings (SSSR count). The normalized spacial score (nSPS) is 40.9. The lowest BCUT2D eigenvalue weighted by molar-refractivity contribution is -0.0320. The molecule has 1 saturated carbocycles. The van der Waals surface area contributed by atoms with E-state index >= 15 is 0 Å². The smallest absolute Gasteiger partial charge is 0.0855 e. The quantitative estimate of drug-likeness (QED) is 0.555. The highest BCUT2D eigenvalue weighted by molar-refractivity contribution is 5.01. The second-order valence-corrected chi connectivity index (χ2v) is 5.04. The topological polar surface area (TPSA) is 40.5 Å². The standard InChI is InChI=1S/C9H18O2/c1-8(2)5-9(3,4)7(11)6(8)10/h6-7,10-11H,5H2,1-4H3/t6-,7-/m0/s1. The molecule has 1 aliphatic rings. The van der Waals surface area contributed by atoms with Gasteiger partial charge in [-0.05, 0) is 17.3 Å². The summed E-state index contributed by atoms with van der Waals surface area (Å²) < 4.78 is 0. The van der Waals surface area contributed by atoms with Gasteiger partial charge in [0.2, 0.25) is 0 Å². The van der Waals surface area contributed by atoms with Gasteiger partial charge in [0.25, 0.3) is 0 Å². The molecule has 0 aromatic carbocycles. The maximum Gasteiger partial charge on any atom is 0.0855 e. The van der Waals surface area contributed by atoms with Crippen molar-refractivity contribution in [1.82, 2.24) is 0 Å². The van der Waals surface area contributed by atoms with Gasteiger partial charge in [-0.15, -0.1) is 0 Å². The molecule has 11 heavy (non-hydrogen) atoms. The molecule has 2 nitrogen and oxygen atoms in total. The monoisotopic (exact) mass is 158 g/mol. The molecule has 0 aromatic rings. The summed E-state index contributed by atoms with van der Waals surface area (Å²) in [6.07, 6.45) is -0.266. The van der Waals surface area contributed by atoms with E-state index in [2.05, 4.69) is 0 Å². The number of aliphatic hydroxyl groups is 2. The van der Waals surface area contributed by atoms with Crippen molar-refractivity contribution in [3.8, 4) is 0 Å². The van der Waals surface area contributed by atoms with Crippen LogP contribution < -0.4 is 0 Å². The molecule has 0 spiro atoms. The first kappa shape index (κ1) is 9.01. The largest absolute Gasteiger partial charge is 0.390 e. The van der Waals surface area contributed by atoms with E-state index in [1.165, 1.54) is 0 Å². The van der Waals surface area contributed by atoms with Crippen molar-refractivity contribution in [2.75, 3.05) is 0 Å². The predicted octanol–water partition coefficient (Wildman–Crippen LogP) is 1.16. The van der Waals surface area contributed by atoms with Gasteiger partial charge in [-0.25, -0.2) is 0 Å². The van der Waals surface area contributed by atoms with Crippen molar-refractivity contribution in [2.45, 2.75) is 46.3 Å². The van der Waals surface area contributed by atoms with Gasteiger partial charge in [-0.1, -0.05) is 27.7 Å². The number of aliphatic hydroxyl groups excluding tert-OH is 2. The highest BCUT2D eigenvalue weighted by Gasteiger charge is 2.51. The van der Waals surface area contributed by atoms with E-state index in [-0.39, 0.29) is 10.8 Å². The number of hydrogen-bond donors (Lipinski definition) is 2. The van der Waals surface area contributed by atoms with Gasteiger partial charge in [0.1, 0.15) is 0 Å². The number of rotatable bonds is 0. The maximum absolute atomic E-state index is 9.61. The van der Waals surface area contributed by atoms with Crippen molar-refractivity contribution < 1.29 is 10.2 Å². The lowest BCUT2D eigenvalue weighted by atomic mass is 9.84. The van der Waals surface area contributed by atoms with Crippen LogP contribution in [0.5, 0.6) is 0 Å². The Labute approximate surface area is 68.2 Å². The Kier molecular flexibility index (Phi) is 1.81. The fourth-order valence-electron chi connectivity index (χ4n) is 2.24. The van der Waals surface area contributed by atoms with Crippen LogP contribution in [0.15, 0.2) is 0 Å². The second kappa shape index (κ2) is 2.20. The minimum Gasteiger partial charge on any atom is -0.390 e. The summed E-state index contributed by atoms with van der Waals surface area (Å²) in [5.74, 6) is 0. The molecular formula is C9H18O2. The lowest BCUT2D eigenvalue weighted by Crippen LogP contribution is -2.34. The van der Waals surface area contributed by atoms with E-state index in [1.54, 1.807) is 0 Å². The van der Waals surface area contributed by atoms with Crippen molar-refractivity contribution in [3.63, 3.8) is 0 Å². The Morgan fingerprint density at radius 1 is 0.909 bits per heavy atom. The molecule has 0 radical (unpaired) electrons. The highest BCUT2D eigenvalue weighted by atomic mass is 16.3. The molecule has 0 aromatic heterocycles. The van der Waals surface area contributed by atoms with Gasteiger partial charge < -0.3 is 10.2 Å². The van der Waals surface area contributed by atoms with E-state index in [0.717, 1.165) is 6.42 Å². The molecule has 2 atom stereocenters. The van der Waals surface area contributed by atoms with Crippen LogP contribution in [-0.4, -0.2) is 22.4 Å². The molecule has 0 heterocycles. The molecule has 2 N–H and O–H groups in total. The Balaban J connectivity index is 2.86. The molecule has 0 amide bonds. The first-order valence-electron chi connectivity index (χ1n) is 4.13. The molecule has 0 unspecified atom stereocenters. The zero-order chi connectivity index (χ0) is 8.86. The van der Waals surface area contributed by atoms with Crippen molar-refractivity contribution >= 4 is 0 Å². The highest BCUT2D eigenvalue weighted by Crippen LogP contribution is 2.48. The van der Waals surface area contributed by atoms with E-state index in [4.69, 9.17) is 0 Å². The lowest BCUT2D eigenvalue weighted by Gasteiger charge is -2.23. The molecule has 0 saturated heterocycles. The fourth-order valence-corrected chi connectivity index (χ4v) is 2.24. The summed E-state index contributed by atoms with van der Waals surface area (Å²) in [7, 11) is 0. The molecule has 0 bridgehead atoms. The first-order valence-corrected chi connectivity index (χ1v) is 4.13. The van der Waals surface area contributed by atoms with Crippen LogP contribution in [0.3, 0.4) is 0 Å². The molecule has 66 valence electrons. The van der Waals surface area contributed by atoms with Crippen LogP contribution in [0, 0.1) is 10.8 Å². The zero-order valence-electron chi connectivity index (χ0n) is 7.76. The average Bonchev–Trinajstić information content (AvgIpc) is 1.91. The number of hydrogen-bond acceptors (Lipinski definition) is 2. The van der Waals surface area contributed by atoms with Gasteiger partial charge in [-0.2, -0.15) is 0 Å². The summed E-state index contributed by atoms with van der Waals surface area (Å²) in [6.45, 7) is 7.98. The SMILES string of the molecule is CC1(C)CC(C)(C)[C@@H](O)[C@@H]1O. The zero-order valence-corrected chi connectivity index (χ0v) is 7.76. The Morgan fingerprint density at radius 2 is 1.18 bits per heavy atom. The Bertz CT molecular complexity index is 143. The van der Waals surface area contributed by atoms with Crippen molar-refractivity contribution in [1.29, 1.82) is 0 Å². The molecule has 1 fully saturated rings. The third-order valence-corrected chi connectivity index (χ3v) is 2.81. The van der Waals surface area contributed by atoms with Crippen LogP contribution in [0.25, 0.3) is 0 Å².